The van der Waals surface area contributed by atoms with E-state index in [1.165, 1.54) is 6.07 Å². The molecule has 0 aliphatic carbocycles. The fourth-order valence-electron chi connectivity index (χ4n) is 4.07. The maximum Gasteiger partial charge on any atom is 0.223 e. The molecule has 0 unspecified atom stereocenters. The summed E-state index contributed by atoms with van der Waals surface area (Å²) < 4.78 is 14.4. The third kappa shape index (κ3) is 1.65. The summed E-state index contributed by atoms with van der Waals surface area (Å²) >= 11 is 0. The van der Waals surface area contributed by atoms with Crippen LogP contribution in [0.5, 0.6) is 0 Å². The summed E-state index contributed by atoms with van der Waals surface area (Å²) in [6.45, 7) is 7.91. The molecule has 3 heteroatoms. The van der Waals surface area contributed by atoms with E-state index in [1.807, 2.05) is 24.8 Å². The van der Waals surface area contributed by atoms with Crippen LogP contribution in [0, 0.1) is 12.7 Å². The van der Waals surface area contributed by atoms with Crippen LogP contribution in [-0.4, -0.2) is 16.8 Å². The molecule has 2 aliphatic rings. The van der Waals surface area contributed by atoms with Crippen molar-refractivity contribution in [3.8, 4) is 0 Å². The summed E-state index contributed by atoms with van der Waals surface area (Å²) in [6, 6.07) is 5.23. The first-order valence-electron chi connectivity index (χ1n) is 7.20. The number of carbonyl (C=O) groups excluding carboxylic acids is 1. The van der Waals surface area contributed by atoms with Gasteiger partial charge in [0.1, 0.15) is 5.82 Å². The zero-order chi connectivity index (χ0) is 14.5. The van der Waals surface area contributed by atoms with E-state index in [1.54, 1.807) is 6.07 Å². The van der Waals surface area contributed by atoms with Gasteiger partial charge in [0, 0.05) is 12.0 Å². The van der Waals surface area contributed by atoms with Gasteiger partial charge >= 0.3 is 0 Å². The molecule has 3 rings (SSSR count). The summed E-state index contributed by atoms with van der Waals surface area (Å²) in [5.74, 6) is -0.0507. The summed E-state index contributed by atoms with van der Waals surface area (Å²) in [6.07, 6.45) is 2.95. The van der Waals surface area contributed by atoms with Crippen molar-refractivity contribution in [1.82, 2.24) is 4.90 Å². The van der Waals surface area contributed by atoms with Gasteiger partial charge in [0.05, 0.1) is 11.6 Å². The van der Waals surface area contributed by atoms with Gasteiger partial charge in [-0.2, -0.15) is 0 Å². The highest BCUT2D eigenvalue weighted by Gasteiger charge is 2.55. The van der Waals surface area contributed by atoms with Crippen molar-refractivity contribution < 1.29 is 9.18 Å². The van der Waals surface area contributed by atoms with Gasteiger partial charge < -0.3 is 4.90 Å². The lowest BCUT2D eigenvalue weighted by Crippen LogP contribution is -2.43. The van der Waals surface area contributed by atoms with Gasteiger partial charge in [0.15, 0.2) is 0 Å². The van der Waals surface area contributed by atoms with Crippen LogP contribution >= 0.6 is 0 Å². The molecule has 1 aromatic rings. The van der Waals surface area contributed by atoms with Crippen molar-refractivity contribution in [1.29, 1.82) is 0 Å². The third-order valence-electron chi connectivity index (χ3n) is 4.88. The second-order valence-electron chi connectivity index (χ2n) is 6.13. The molecule has 1 amide bonds. The van der Waals surface area contributed by atoms with Crippen molar-refractivity contribution in [3.05, 3.63) is 47.3 Å². The van der Waals surface area contributed by atoms with E-state index < -0.39 is 5.54 Å². The molecule has 106 valence electrons. The Labute approximate surface area is 119 Å². The molecule has 0 spiro atoms. The Morgan fingerprint density at radius 3 is 2.85 bits per heavy atom. The summed E-state index contributed by atoms with van der Waals surface area (Å²) in [5.41, 5.74) is 2.20. The summed E-state index contributed by atoms with van der Waals surface area (Å²) in [5, 5.41) is 0. The minimum absolute atomic E-state index is 0.0593. The monoisotopic (exact) mass is 273 g/mol. The van der Waals surface area contributed by atoms with Gasteiger partial charge in [-0.1, -0.05) is 24.3 Å². The van der Waals surface area contributed by atoms with Crippen LogP contribution in [-0.2, 0) is 10.3 Å². The molecular weight excluding hydrogens is 253 g/mol. The molecular formula is C17H20FNO. The second-order valence-corrected chi connectivity index (χ2v) is 6.13. The first-order valence-corrected chi connectivity index (χ1v) is 7.20. The van der Waals surface area contributed by atoms with E-state index in [-0.39, 0.29) is 17.8 Å². The molecule has 0 saturated carbocycles. The quantitative estimate of drug-likeness (QED) is 0.753. The van der Waals surface area contributed by atoms with Crippen LogP contribution < -0.4 is 0 Å². The van der Waals surface area contributed by atoms with Crippen molar-refractivity contribution in [3.63, 3.8) is 0 Å². The number of halogens is 1. The van der Waals surface area contributed by atoms with Crippen LogP contribution in [0.1, 0.15) is 43.7 Å². The van der Waals surface area contributed by atoms with Gasteiger partial charge in [0.2, 0.25) is 5.91 Å². The smallest absolute Gasteiger partial charge is 0.223 e. The van der Waals surface area contributed by atoms with Gasteiger partial charge in [0.25, 0.3) is 0 Å². The number of carbonyl (C=O) groups is 1. The summed E-state index contributed by atoms with van der Waals surface area (Å²) in [4.78, 5) is 14.3. The number of aryl methyl sites for hydroxylation is 1. The molecule has 2 fully saturated rings. The first-order chi connectivity index (χ1) is 9.47. The molecule has 2 atom stereocenters. The molecule has 0 bridgehead atoms. The number of amides is 1. The zero-order valence-electron chi connectivity index (χ0n) is 12.1. The summed E-state index contributed by atoms with van der Waals surface area (Å²) in [7, 11) is 0. The largest absolute Gasteiger partial charge is 0.326 e. The lowest BCUT2D eigenvalue weighted by Gasteiger charge is -2.37. The topological polar surface area (TPSA) is 20.3 Å². The SMILES string of the molecule is C=C(C)[C@H]1CC[C@]2(c3c(C)cccc3F)CCC(=O)N12. The molecule has 0 radical (unpaired) electrons. The molecule has 2 heterocycles. The van der Waals surface area contributed by atoms with E-state index in [9.17, 15) is 9.18 Å². The molecule has 2 nitrogen and oxygen atoms in total. The molecule has 0 aromatic heterocycles. The van der Waals surface area contributed by atoms with Gasteiger partial charge in [-0.3, -0.25) is 4.79 Å². The normalized spacial score (nSPS) is 28.9. The molecule has 1 aromatic carbocycles. The number of benzene rings is 1. The Kier molecular flexibility index (Phi) is 2.96. The lowest BCUT2D eigenvalue weighted by atomic mass is 9.83. The zero-order valence-corrected chi connectivity index (χ0v) is 12.1. The highest BCUT2D eigenvalue weighted by molar-refractivity contribution is 5.81. The lowest BCUT2D eigenvalue weighted by molar-refractivity contribution is -0.131. The van der Waals surface area contributed by atoms with Crippen LogP contribution in [0.3, 0.4) is 0 Å². The molecule has 2 saturated heterocycles. The number of rotatable bonds is 2. The minimum Gasteiger partial charge on any atom is -0.326 e. The Bertz CT molecular complexity index is 574. The second kappa shape index (κ2) is 4.44. The van der Waals surface area contributed by atoms with Crippen LogP contribution in [0.15, 0.2) is 30.4 Å². The van der Waals surface area contributed by atoms with E-state index in [0.29, 0.717) is 6.42 Å². The average Bonchev–Trinajstić information content (AvgIpc) is 2.89. The highest BCUT2D eigenvalue weighted by Crippen LogP contribution is 2.52. The van der Waals surface area contributed by atoms with Crippen molar-refractivity contribution in [2.75, 3.05) is 0 Å². The molecule has 0 N–H and O–H groups in total. The Balaban J connectivity index is 2.16. The number of nitrogens with zero attached hydrogens (tertiary/aromatic N) is 1. The van der Waals surface area contributed by atoms with Crippen LogP contribution in [0.25, 0.3) is 0 Å². The Morgan fingerprint density at radius 1 is 1.45 bits per heavy atom. The van der Waals surface area contributed by atoms with Crippen molar-refractivity contribution in [2.24, 2.45) is 0 Å². The number of hydrogen-bond acceptors (Lipinski definition) is 1. The Hall–Kier alpha value is -1.64. The van der Waals surface area contributed by atoms with E-state index in [4.69, 9.17) is 0 Å². The maximum absolute atomic E-state index is 14.4. The highest BCUT2D eigenvalue weighted by atomic mass is 19.1. The van der Waals surface area contributed by atoms with Gasteiger partial charge in [-0.25, -0.2) is 4.39 Å². The van der Waals surface area contributed by atoms with Gasteiger partial charge in [-0.15, -0.1) is 0 Å². The Morgan fingerprint density at radius 2 is 2.20 bits per heavy atom. The van der Waals surface area contributed by atoms with E-state index in [0.717, 1.165) is 36.0 Å². The molecule has 2 aliphatic heterocycles. The predicted molar refractivity (Wildman–Crippen MR) is 76.7 cm³/mol. The average molecular weight is 273 g/mol. The van der Waals surface area contributed by atoms with Crippen molar-refractivity contribution in [2.45, 2.75) is 51.1 Å². The van der Waals surface area contributed by atoms with Crippen molar-refractivity contribution >= 4 is 5.91 Å². The number of fused-ring (bicyclic) bond motifs is 1. The van der Waals surface area contributed by atoms with Gasteiger partial charge in [-0.05, 0) is 44.7 Å². The standard InChI is InChI=1S/C17H20FNO/c1-11(2)14-7-9-17(10-8-15(20)19(14)17)16-12(3)5-4-6-13(16)18/h4-6,14H,1,7-10H2,2-3H3/t14-,17-/m1/s1. The maximum atomic E-state index is 14.4. The van der Waals surface area contributed by atoms with Crippen LogP contribution in [0.4, 0.5) is 4.39 Å². The van der Waals surface area contributed by atoms with Crippen LogP contribution in [0.2, 0.25) is 0 Å². The minimum atomic E-state index is -0.448. The fraction of sp³-hybridized carbons (Fsp3) is 0.471. The number of hydrogen-bond donors (Lipinski definition) is 0. The van der Waals surface area contributed by atoms with E-state index in [2.05, 4.69) is 6.58 Å². The third-order valence-corrected chi connectivity index (χ3v) is 4.88. The van der Waals surface area contributed by atoms with E-state index >= 15 is 0 Å². The first kappa shape index (κ1) is 13.3. The predicted octanol–water partition coefficient (Wildman–Crippen LogP) is 3.69. The molecule has 20 heavy (non-hydrogen) atoms. The fourth-order valence-corrected chi connectivity index (χ4v) is 4.07.